The molecule has 28 heavy (non-hydrogen) atoms. The summed E-state index contributed by atoms with van der Waals surface area (Å²) in [5.74, 6) is -0.789. The molecule has 7 nitrogen and oxygen atoms in total. The third-order valence-electron chi connectivity index (χ3n) is 4.27. The molecule has 1 N–H and O–H groups in total. The summed E-state index contributed by atoms with van der Waals surface area (Å²) in [6.45, 7) is 5.58. The van der Waals surface area contributed by atoms with Crippen LogP contribution in [0.2, 0.25) is 0 Å². The second-order valence-corrected chi connectivity index (χ2v) is 7.61. The van der Waals surface area contributed by atoms with E-state index >= 15 is 0 Å². The van der Waals surface area contributed by atoms with Crippen LogP contribution < -0.4 is 10.2 Å². The molecule has 0 atom stereocenters. The molecule has 0 radical (unpaired) electrons. The second-order valence-electron chi connectivity index (χ2n) is 6.67. The molecule has 1 aromatic heterocycles. The molecule has 0 unspecified atom stereocenters. The van der Waals surface area contributed by atoms with E-state index in [1.54, 1.807) is 0 Å². The molecule has 0 spiro atoms. The summed E-state index contributed by atoms with van der Waals surface area (Å²) in [6.07, 6.45) is 2.44. The van der Waals surface area contributed by atoms with Crippen molar-refractivity contribution in [1.29, 1.82) is 0 Å². The molecule has 1 aromatic carbocycles. The zero-order valence-corrected chi connectivity index (χ0v) is 16.9. The molecule has 1 aliphatic heterocycles. The Hall–Kier alpha value is -2.61. The van der Waals surface area contributed by atoms with E-state index in [0.717, 1.165) is 30.2 Å². The monoisotopic (exact) mass is 400 g/mol. The van der Waals surface area contributed by atoms with Crippen LogP contribution in [0.4, 0.5) is 11.4 Å². The Labute approximate surface area is 168 Å². The fourth-order valence-electron chi connectivity index (χ4n) is 3.00. The average molecular weight is 401 g/mol. The Morgan fingerprint density at radius 3 is 2.39 bits per heavy atom. The summed E-state index contributed by atoms with van der Waals surface area (Å²) in [5, 5.41) is 3.26. The number of carbonyl (C=O) groups excluding carboxylic acids is 2. The van der Waals surface area contributed by atoms with E-state index in [2.05, 4.69) is 20.2 Å². The van der Waals surface area contributed by atoms with Gasteiger partial charge in [-0.05, 0) is 57.0 Å². The lowest BCUT2D eigenvalue weighted by Gasteiger charge is -2.17. The summed E-state index contributed by atoms with van der Waals surface area (Å²) in [7, 11) is 0. The highest BCUT2D eigenvalue weighted by Crippen LogP contribution is 2.22. The van der Waals surface area contributed by atoms with Crippen molar-refractivity contribution < 1.29 is 14.3 Å². The molecule has 0 aliphatic carbocycles. The van der Waals surface area contributed by atoms with Gasteiger partial charge in [0.2, 0.25) is 0 Å². The molecule has 0 saturated carbocycles. The lowest BCUT2D eigenvalue weighted by Crippen LogP contribution is -2.22. The molecule has 3 rings (SSSR count). The minimum absolute atomic E-state index is 0.0563. The van der Waals surface area contributed by atoms with Crippen LogP contribution in [0.25, 0.3) is 0 Å². The zero-order valence-electron chi connectivity index (χ0n) is 16.1. The van der Waals surface area contributed by atoms with Gasteiger partial charge in [0, 0.05) is 35.9 Å². The second kappa shape index (κ2) is 9.54. The van der Waals surface area contributed by atoms with Crippen molar-refractivity contribution in [3.63, 3.8) is 0 Å². The Kier molecular flexibility index (Phi) is 6.86. The van der Waals surface area contributed by atoms with Gasteiger partial charge in [0.05, 0.1) is 5.75 Å². The molecule has 0 bridgehead atoms. The molecule has 1 saturated heterocycles. The van der Waals surface area contributed by atoms with Crippen molar-refractivity contribution in [1.82, 2.24) is 9.97 Å². The maximum Gasteiger partial charge on any atom is 0.316 e. The first-order chi connectivity index (χ1) is 13.5. The highest BCUT2D eigenvalue weighted by atomic mass is 32.2. The minimum Gasteiger partial charge on any atom is -0.455 e. The number of anilines is 2. The van der Waals surface area contributed by atoms with Gasteiger partial charge in [0.1, 0.15) is 0 Å². The van der Waals surface area contributed by atoms with Crippen LogP contribution in [0.5, 0.6) is 0 Å². The lowest BCUT2D eigenvalue weighted by molar-refractivity contribution is -0.144. The lowest BCUT2D eigenvalue weighted by atomic mass is 10.2. The predicted octanol–water partition coefficient (Wildman–Crippen LogP) is 2.97. The van der Waals surface area contributed by atoms with Crippen LogP contribution in [-0.2, 0) is 14.3 Å². The largest absolute Gasteiger partial charge is 0.455 e. The quantitative estimate of drug-likeness (QED) is 0.434. The number of carbonyl (C=O) groups is 2. The van der Waals surface area contributed by atoms with E-state index in [4.69, 9.17) is 4.74 Å². The fourth-order valence-corrected chi connectivity index (χ4v) is 3.74. The SMILES string of the molecule is Cc1cc(C)nc(SCC(=O)OCC(=O)Nc2ccc(N3CCCC3)cc2)n1. The topological polar surface area (TPSA) is 84.4 Å². The van der Waals surface area contributed by atoms with E-state index in [9.17, 15) is 9.59 Å². The van der Waals surface area contributed by atoms with Gasteiger partial charge in [-0.1, -0.05) is 11.8 Å². The Morgan fingerprint density at radius 1 is 1.11 bits per heavy atom. The summed E-state index contributed by atoms with van der Waals surface area (Å²) in [4.78, 5) is 34.7. The van der Waals surface area contributed by atoms with Gasteiger partial charge in [0.25, 0.3) is 5.91 Å². The van der Waals surface area contributed by atoms with Crippen LogP contribution in [-0.4, -0.2) is 47.3 Å². The van der Waals surface area contributed by atoms with Crippen molar-refractivity contribution >= 4 is 35.0 Å². The molecule has 1 fully saturated rings. The van der Waals surface area contributed by atoms with Crippen molar-refractivity contribution in [3.8, 4) is 0 Å². The number of hydrogen-bond acceptors (Lipinski definition) is 7. The third-order valence-corrected chi connectivity index (χ3v) is 5.09. The normalized spacial score (nSPS) is 13.4. The van der Waals surface area contributed by atoms with E-state index in [-0.39, 0.29) is 18.3 Å². The third kappa shape index (κ3) is 5.95. The highest BCUT2D eigenvalue weighted by Gasteiger charge is 2.13. The number of rotatable bonds is 7. The summed E-state index contributed by atoms with van der Waals surface area (Å²) < 4.78 is 5.03. The number of benzene rings is 1. The van der Waals surface area contributed by atoms with E-state index < -0.39 is 5.97 Å². The minimum atomic E-state index is -0.479. The van der Waals surface area contributed by atoms with E-state index in [0.29, 0.717) is 10.8 Å². The van der Waals surface area contributed by atoms with Gasteiger partial charge in [-0.15, -0.1) is 0 Å². The molecule has 148 valence electrons. The Morgan fingerprint density at radius 2 is 1.75 bits per heavy atom. The van der Waals surface area contributed by atoms with Gasteiger partial charge in [0.15, 0.2) is 11.8 Å². The van der Waals surface area contributed by atoms with Crippen LogP contribution in [0.3, 0.4) is 0 Å². The fraction of sp³-hybridized carbons (Fsp3) is 0.400. The van der Waals surface area contributed by atoms with Gasteiger partial charge < -0.3 is 15.0 Å². The number of nitrogens with zero attached hydrogens (tertiary/aromatic N) is 3. The smallest absolute Gasteiger partial charge is 0.316 e. The average Bonchev–Trinajstić information content (AvgIpc) is 3.19. The van der Waals surface area contributed by atoms with E-state index in [1.807, 2.05) is 44.2 Å². The van der Waals surface area contributed by atoms with E-state index in [1.165, 1.54) is 24.6 Å². The standard InChI is InChI=1S/C20H24N4O3S/c1-14-11-15(2)22-20(21-14)28-13-19(26)27-12-18(25)23-16-5-7-17(8-6-16)24-9-3-4-10-24/h5-8,11H,3-4,9-10,12-13H2,1-2H3,(H,23,25). The summed E-state index contributed by atoms with van der Waals surface area (Å²) in [6, 6.07) is 9.58. The van der Waals surface area contributed by atoms with Gasteiger partial charge in [-0.25, -0.2) is 9.97 Å². The number of hydrogen-bond donors (Lipinski definition) is 1. The van der Waals surface area contributed by atoms with Crippen LogP contribution in [0.15, 0.2) is 35.5 Å². The van der Waals surface area contributed by atoms with Crippen molar-refractivity contribution in [2.45, 2.75) is 31.8 Å². The molecule has 1 aliphatic rings. The molecule has 2 aromatic rings. The maximum atomic E-state index is 12.0. The molecule has 2 heterocycles. The number of aryl methyl sites for hydroxylation is 2. The number of amides is 1. The van der Waals surface area contributed by atoms with Crippen molar-refractivity contribution in [3.05, 3.63) is 41.7 Å². The Bertz CT molecular complexity index is 816. The number of thioether (sulfide) groups is 1. The zero-order chi connectivity index (χ0) is 19.9. The number of esters is 1. The predicted molar refractivity (Wildman–Crippen MR) is 110 cm³/mol. The maximum absolute atomic E-state index is 12.0. The number of aromatic nitrogens is 2. The van der Waals surface area contributed by atoms with Gasteiger partial charge in [-0.2, -0.15) is 0 Å². The first-order valence-corrected chi connectivity index (χ1v) is 10.2. The summed E-state index contributed by atoms with van der Waals surface area (Å²) in [5.41, 5.74) is 3.53. The molecular formula is C20H24N4O3S. The highest BCUT2D eigenvalue weighted by molar-refractivity contribution is 7.99. The molecular weight excluding hydrogens is 376 g/mol. The molecule has 8 heteroatoms. The van der Waals surface area contributed by atoms with Crippen LogP contribution in [0.1, 0.15) is 24.2 Å². The first-order valence-electron chi connectivity index (χ1n) is 9.25. The summed E-state index contributed by atoms with van der Waals surface area (Å²) >= 11 is 1.19. The first kappa shape index (κ1) is 20.1. The van der Waals surface area contributed by atoms with Crippen LogP contribution >= 0.6 is 11.8 Å². The van der Waals surface area contributed by atoms with Crippen molar-refractivity contribution in [2.75, 3.05) is 35.7 Å². The van der Waals surface area contributed by atoms with Crippen molar-refractivity contribution in [2.24, 2.45) is 0 Å². The molecule has 1 amide bonds. The number of nitrogens with one attached hydrogen (secondary N) is 1. The van der Waals surface area contributed by atoms with Gasteiger partial charge in [-0.3, -0.25) is 9.59 Å². The van der Waals surface area contributed by atoms with Crippen LogP contribution in [0, 0.1) is 13.8 Å². The van der Waals surface area contributed by atoms with Gasteiger partial charge >= 0.3 is 5.97 Å². The number of ether oxygens (including phenoxy) is 1. The Balaban J connectivity index is 1.40.